The van der Waals surface area contributed by atoms with Gasteiger partial charge in [0.05, 0.1) is 33.3 Å². The smallest absolute Gasteiger partial charge is 0.231 e. The molecule has 0 aliphatic carbocycles. The first kappa shape index (κ1) is 39.5. The largest absolute Gasteiger partial charge is 0.477 e. The van der Waals surface area contributed by atoms with E-state index in [2.05, 4.69) is 107 Å². The Morgan fingerprint density at radius 3 is 1.32 bits per heavy atom. The monoisotopic (exact) mass is 840 g/mol. The Morgan fingerprint density at radius 1 is 0.600 bits per heavy atom. The van der Waals surface area contributed by atoms with Crippen LogP contribution in [0.25, 0.3) is 11.1 Å². The van der Waals surface area contributed by atoms with Gasteiger partial charge in [-0.2, -0.15) is 9.97 Å². The van der Waals surface area contributed by atoms with Crippen molar-refractivity contribution in [1.29, 1.82) is 0 Å². The second-order valence-electron chi connectivity index (χ2n) is 14.7. The third-order valence-electron chi connectivity index (χ3n) is 8.22. The van der Waals surface area contributed by atoms with E-state index in [-0.39, 0.29) is 25.0 Å². The summed E-state index contributed by atoms with van der Waals surface area (Å²) < 4.78 is 25.4. The third kappa shape index (κ3) is 10.8. The first-order valence-corrected chi connectivity index (χ1v) is 25.6. The van der Waals surface area contributed by atoms with Gasteiger partial charge < -0.3 is 18.9 Å². The molecule has 4 aromatic rings. The molecular weight excluding hydrogens is 796 g/mol. The molecule has 0 aliphatic heterocycles. The Hall–Kier alpha value is -3.33. The molecule has 266 valence electrons. The Labute approximate surface area is 314 Å². The number of rotatable bonds is 17. The minimum Gasteiger partial charge on any atom is -0.477 e. The maximum Gasteiger partial charge on any atom is 0.231 e. The molecule has 4 rings (SSSR count). The van der Waals surface area contributed by atoms with Crippen LogP contribution < -0.4 is 18.9 Å². The summed E-state index contributed by atoms with van der Waals surface area (Å²) in [6.07, 6.45) is 1.50. The summed E-state index contributed by atoms with van der Waals surface area (Å²) in [5.41, 5.74) is 7.08. The van der Waals surface area contributed by atoms with Crippen molar-refractivity contribution in [3.8, 4) is 34.6 Å². The summed E-state index contributed by atoms with van der Waals surface area (Å²) in [5, 5.41) is 0. The SMILES string of the molecule is Cc1c(COc2nc(OCC[Si](C)(C)C)c(C=O)cc2Br)cccc1-c1cccc(COc2nc(OCC[Si](C)(C)C)c(C=O)cc2Br)c1C. The highest BCUT2D eigenvalue weighted by Gasteiger charge is 2.19. The summed E-state index contributed by atoms with van der Waals surface area (Å²) in [6.45, 7) is 19.4. The van der Waals surface area contributed by atoms with Crippen molar-refractivity contribution >= 4 is 60.6 Å². The summed E-state index contributed by atoms with van der Waals surface area (Å²) in [7, 11) is -2.63. The van der Waals surface area contributed by atoms with Crippen molar-refractivity contribution < 1.29 is 28.5 Å². The molecule has 0 aliphatic rings. The molecule has 0 radical (unpaired) electrons. The van der Waals surface area contributed by atoms with E-state index >= 15 is 0 Å². The summed E-state index contributed by atoms with van der Waals surface area (Å²) >= 11 is 7.02. The standard InChI is InChI=1S/C38H46Br2N2O6Si2/c1-25-27(23-47-37-33(39)19-29(21-43)35(41-37)45-15-17-49(3,4)5)11-9-13-31(25)32-14-10-12-28(26(32)2)24-48-38-34(40)20-30(22-44)36(42-38)46-16-18-50(6,7)8/h9-14,19-22H,15-18,23-24H2,1-8H3. The number of pyridine rings is 2. The molecule has 2 aromatic heterocycles. The van der Waals surface area contributed by atoms with E-state index in [0.29, 0.717) is 45.0 Å². The quantitative estimate of drug-likeness (QED) is 0.0766. The molecule has 50 heavy (non-hydrogen) atoms. The number of carbonyl (C=O) groups is 2. The van der Waals surface area contributed by atoms with Crippen molar-refractivity contribution in [3.63, 3.8) is 0 Å². The fraction of sp³-hybridized carbons (Fsp3) is 0.368. The normalized spacial score (nSPS) is 11.6. The van der Waals surface area contributed by atoms with Crippen LogP contribution in [0, 0.1) is 13.8 Å². The summed E-state index contributed by atoms with van der Waals surface area (Å²) in [5.74, 6) is 1.29. The lowest BCUT2D eigenvalue weighted by molar-refractivity contribution is 0.111. The van der Waals surface area contributed by atoms with Gasteiger partial charge in [0, 0.05) is 16.1 Å². The molecule has 0 N–H and O–H groups in total. The number of aromatic nitrogens is 2. The van der Waals surface area contributed by atoms with Crippen molar-refractivity contribution in [2.24, 2.45) is 0 Å². The number of hydrogen-bond acceptors (Lipinski definition) is 8. The minimum absolute atomic E-state index is 0.278. The molecule has 2 heterocycles. The predicted octanol–water partition coefficient (Wildman–Crippen LogP) is 10.5. The van der Waals surface area contributed by atoms with E-state index in [4.69, 9.17) is 18.9 Å². The van der Waals surface area contributed by atoms with Gasteiger partial charge in [0.25, 0.3) is 0 Å². The Morgan fingerprint density at radius 2 is 0.980 bits per heavy atom. The Balaban J connectivity index is 1.51. The summed E-state index contributed by atoms with van der Waals surface area (Å²) in [4.78, 5) is 32.6. The maximum absolute atomic E-state index is 11.7. The van der Waals surface area contributed by atoms with Crippen LogP contribution in [0.5, 0.6) is 23.5 Å². The van der Waals surface area contributed by atoms with Gasteiger partial charge in [-0.1, -0.05) is 75.7 Å². The van der Waals surface area contributed by atoms with Crippen LogP contribution in [0.2, 0.25) is 51.4 Å². The van der Waals surface area contributed by atoms with Gasteiger partial charge in [0.2, 0.25) is 23.5 Å². The number of hydrogen-bond donors (Lipinski definition) is 0. The lowest BCUT2D eigenvalue weighted by atomic mass is 9.92. The Kier molecular flexibility index (Phi) is 13.6. The van der Waals surface area contributed by atoms with Crippen LogP contribution in [0.1, 0.15) is 43.0 Å². The van der Waals surface area contributed by atoms with Gasteiger partial charge in [-0.25, -0.2) is 0 Å². The number of carbonyl (C=O) groups excluding carboxylic acids is 2. The lowest BCUT2D eigenvalue weighted by Gasteiger charge is -2.18. The first-order chi connectivity index (χ1) is 23.6. The minimum atomic E-state index is -1.31. The van der Waals surface area contributed by atoms with E-state index in [1.165, 1.54) is 0 Å². The molecule has 0 saturated heterocycles. The molecule has 2 aromatic carbocycles. The molecule has 12 heteroatoms. The highest BCUT2D eigenvalue weighted by Crippen LogP contribution is 2.34. The van der Waals surface area contributed by atoms with Crippen LogP contribution in [-0.4, -0.2) is 51.9 Å². The van der Waals surface area contributed by atoms with Crippen molar-refractivity contribution in [2.45, 2.75) is 78.4 Å². The zero-order valence-electron chi connectivity index (χ0n) is 30.1. The number of benzene rings is 2. The second kappa shape index (κ2) is 17.3. The highest BCUT2D eigenvalue weighted by atomic mass is 79.9. The van der Waals surface area contributed by atoms with Gasteiger partial charge in [0.1, 0.15) is 13.2 Å². The van der Waals surface area contributed by atoms with E-state index in [1.807, 2.05) is 24.3 Å². The topological polar surface area (TPSA) is 96.8 Å². The fourth-order valence-corrected chi connectivity index (χ4v) is 7.33. The van der Waals surface area contributed by atoms with E-state index in [9.17, 15) is 9.59 Å². The zero-order chi connectivity index (χ0) is 36.6. The van der Waals surface area contributed by atoms with Gasteiger partial charge >= 0.3 is 0 Å². The average molecular weight is 843 g/mol. The van der Waals surface area contributed by atoms with E-state index in [1.54, 1.807) is 12.1 Å². The van der Waals surface area contributed by atoms with Crippen molar-refractivity contribution in [2.75, 3.05) is 13.2 Å². The third-order valence-corrected chi connectivity index (χ3v) is 12.8. The highest BCUT2D eigenvalue weighted by molar-refractivity contribution is 9.10. The van der Waals surface area contributed by atoms with Crippen LogP contribution in [0.15, 0.2) is 57.5 Å². The molecule has 0 bridgehead atoms. The molecule has 8 nitrogen and oxygen atoms in total. The maximum atomic E-state index is 11.7. The molecular formula is C38H46Br2N2O6Si2. The van der Waals surface area contributed by atoms with Gasteiger partial charge in [-0.15, -0.1) is 0 Å². The Bertz CT molecular complexity index is 1710. The molecule has 0 fully saturated rings. The number of aldehydes is 2. The molecule has 0 atom stereocenters. The van der Waals surface area contributed by atoms with Gasteiger partial charge in [-0.05, 0) is 103 Å². The predicted molar refractivity (Wildman–Crippen MR) is 212 cm³/mol. The number of ether oxygens (including phenoxy) is 4. The van der Waals surface area contributed by atoms with Gasteiger partial charge in [-0.3, -0.25) is 9.59 Å². The molecule has 0 spiro atoms. The lowest BCUT2D eigenvalue weighted by Crippen LogP contribution is -2.22. The second-order valence-corrected chi connectivity index (χ2v) is 27.6. The first-order valence-electron chi connectivity index (χ1n) is 16.6. The zero-order valence-corrected chi connectivity index (χ0v) is 35.3. The van der Waals surface area contributed by atoms with Crippen LogP contribution in [-0.2, 0) is 13.2 Å². The summed E-state index contributed by atoms with van der Waals surface area (Å²) in [6, 6.07) is 17.6. The molecule has 0 amide bonds. The fourth-order valence-electron chi connectivity index (χ4n) is 5.01. The molecule has 0 saturated carbocycles. The van der Waals surface area contributed by atoms with Gasteiger partial charge in [0.15, 0.2) is 12.6 Å². The van der Waals surface area contributed by atoms with Crippen LogP contribution in [0.3, 0.4) is 0 Å². The van der Waals surface area contributed by atoms with Crippen LogP contribution in [0.4, 0.5) is 0 Å². The van der Waals surface area contributed by atoms with E-state index < -0.39 is 16.1 Å². The van der Waals surface area contributed by atoms with Crippen molar-refractivity contribution in [3.05, 3.63) is 90.9 Å². The van der Waals surface area contributed by atoms with E-state index in [0.717, 1.165) is 58.0 Å². The van der Waals surface area contributed by atoms with Crippen molar-refractivity contribution in [1.82, 2.24) is 9.97 Å². The average Bonchev–Trinajstić information content (AvgIpc) is 3.04. The number of nitrogens with zero attached hydrogens (tertiary/aromatic N) is 2. The molecule has 0 unspecified atom stereocenters. The number of halogens is 2. The van der Waals surface area contributed by atoms with Crippen LogP contribution >= 0.6 is 31.9 Å².